The zero-order valence-electron chi connectivity index (χ0n) is 12.3. The Labute approximate surface area is 126 Å². The van der Waals surface area contributed by atoms with E-state index < -0.39 is 0 Å². The van der Waals surface area contributed by atoms with Crippen molar-refractivity contribution in [2.75, 3.05) is 13.1 Å². The summed E-state index contributed by atoms with van der Waals surface area (Å²) in [6.07, 6.45) is 8.76. The van der Waals surface area contributed by atoms with Gasteiger partial charge in [0.05, 0.1) is 5.02 Å². The number of nitrogens with zero attached hydrogens (tertiary/aromatic N) is 1. The van der Waals surface area contributed by atoms with E-state index in [9.17, 15) is 0 Å². The maximum Gasteiger partial charge on any atom is 0.146 e. The van der Waals surface area contributed by atoms with Crippen LogP contribution in [-0.2, 0) is 0 Å². The highest BCUT2D eigenvalue weighted by Crippen LogP contribution is 2.32. The van der Waals surface area contributed by atoms with Crippen molar-refractivity contribution in [3.63, 3.8) is 0 Å². The van der Waals surface area contributed by atoms with E-state index in [0.29, 0.717) is 5.02 Å². The van der Waals surface area contributed by atoms with Crippen molar-refractivity contribution in [1.82, 2.24) is 4.90 Å². The lowest BCUT2D eigenvalue weighted by Crippen LogP contribution is -2.40. The highest BCUT2D eigenvalue weighted by atomic mass is 35.5. The van der Waals surface area contributed by atoms with Gasteiger partial charge in [0.1, 0.15) is 11.2 Å². The molecule has 2 aliphatic rings. The quantitative estimate of drug-likeness (QED) is 0.775. The van der Waals surface area contributed by atoms with Gasteiger partial charge in [0.25, 0.3) is 0 Å². The van der Waals surface area contributed by atoms with Gasteiger partial charge in [-0.25, -0.2) is 0 Å². The van der Waals surface area contributed by atoms with Crippen molar-refractivity contribution in [2.24, 2.45) is 5.92 Å². The van der Waals surface area contributed by atoms with Crippen molar-refractivity contribution < 1.29 is 4.42 Å². The minimum Gasteiger partial charge on any atom is -0.456 e. The highest BCUT2D eigenvalue weighted by molar-refractivity contribution is 6.34. The number of piperidine rings is 1. The first-order valence-electron chi connectivity index (χ1n) is 7.97. The van der Waals surface area contributed by atoms with Gasteiger partial charge in [0.2, 0.25) is 0 Å². The number of hydrogen-bond donors (Lipinski definition) is 0. The second-order valence-electron chi connectivity index (χ2n) is 6.19. The number of benzene rings is 1. The van der Waals surface area contributed by atoms with E-state index >= 15 is 0 Å². The lowest BCUT2D eigenvalue weighted by molar-refractivity contribution is 0.138. The molecule has 2 bridgehead atoms. The van der Waals surface area contributed by atoms with Gasteiger partial charge in [-0.3, -0.25) is 0 Å². The fraction of sp³-hybridized carbons (Fsp3) is 0.647. The Balaban J connectivity index is 0.000000131. The van der Waals surface area contributed by atoms with Crippen molar-refractivity contribution in [2.45, 2.75) is 51.5 Å². The fourth-order valence-electron chi connectivity index (χ4n) is 3.15. The number of rotatable bonds is 3. The molecule has 2 fully saturated rings. The van der Waals surface area contributed by atoms with E-state index in [-0.39, 0.29) is 0 Å². The topological polar surface area (TPSA) is 16.4 Å². The summed E-state index contributed by atoms with van der Waals surface area (Å²) in [5, 5.41) is 0.711. The third-order valence-electron chi connectivity index (χ3n) is 4.54. The van der Waals surface area contributed by atoms with Crippen LogP contribution in [-0.4, -0.2) is 24.0 Å². The van der Waals surface area contributed by atoms with E-state index in [1.54, 1.807) is 6.07 Å². The van der Waals surface area contributed by atoms with E-state index in [4.69, 9.17) is 16.0 Å². The first-order valence-corrected chi connectivity index (χ1v) is 8.35. The average Bonchev–Trinajstić information content (AvgIpc) is 3.05. The summed E-state index contributed by atoms with van der Waals surface area (Å²) >= 11 is 5.64. The summed E-state index contributed by atoms with van der Waals surface area (Å²) < 4.78 is 5.08. The maximum atomic E-state index is 5.64. The molecule has 0 N–H and O–H groups in total. The predicted molar refractivity (Wildman–Crippen MR) is 84.6 cm³/mol. The average molecular weight is 294 g/mol. The first-order chi connectivity index (χ1) is 9.76. The smallest absolute Gasteiger partial charge is 0.146 e. The maximum absolute atomic E-state index is 5.64. The van der Waals surface area contributed by atoms with Crippen LogP contribution in [0, 0.1) is 5.92 Å². The van der Waals surface area contributed by atoms with Gasteiger partial charge >= 0.3 is 0 Å². The Hall–Kier alpha value is -0.730. The zero-order valence-corrected chi connectivity index (χ0v) is 13.0. The van der Waals surface area contributed by atoms with Crippen LogP contribution >= 0.6 is 11.6 Å². The Bertz CT molecular complexity index is 519. The number of halogens is 1. The highest BCUT2D eigenvalue weighted by Gasteiger charge is 2.28. The lowest BCUT2D eigenvalue weighted by Gasteiger charge is -2.35. The molecule has 0 spiro atoms. The normalized spacial score (nSPS) is 23.8. The molecule has 0 aromatic carbocycles. The summed E-state index contributed by atoms with van der Waals surface area (Å²) in [5.41, 5.74) is 1.63. The molecule has 3 heterocycles. The van der Waals surface area contributed by atoms with Crippen LogP contribution in [0.1, 0.15) is 45.4 Å². The molecule has 20 heavy (non-hydrogen) atoms. The van der Waals surface area contributed by atoms with Crippen molar-refractivity contribution in [1.29, 1.82) is 0 Å². The minimum absolute atomic E-state index is 0.711. The van der Waals surface area contributed by atoms with E-state index in [1.807, 2.05) is 12.1 Å². The number of furan rings is 2. The van der Waals surface area contributed by atoms with E-state index in [2.05, 4.69) is 11.8 Å². The molecule has 1 saturated heterocycles. The minimum atomic E-state index is 0.711. The lowest BCUT2D eigenvalue weighted by atomic mass is 10.00. The molecule has 1 aliphatic heterocycles. The summed E-state index contributed by atoms with van der Waals surface area (Å²) in [6, 6.07) is 6.48. The van der Waals surface area contributed by atoms with Crippen LogP contribution < -0.4 is 0 Å². The van der Waals surface area contributed by atoms with Gasteiger partial charge in [-0.1, -0.05) is 24.9 Å². The number of fused-ring (bicyclic) bond motifs is 2. The molecule has 3 heteroatoms. The van der Waals surface area contributed by atoms with Crippen LogP contribution in [0.2, 0.25) is 5.02 Å². The molecule has 4 rings (SSSR count). The predicted octanol–water partition coefficient (Wildman–Crippen LogP) is 5.18. The Kier molecular flexibility index (Phi) is 4.52. The largest absolute Gasteiger partial charge is 0.456 e. The number of hydrogen-bond acceptors (Lipinski definition) is 2. The summed E-state index contributed by atoms with van der Waals surface area (Å²) in [7, 11) is 0. The Morgan fingerprint density at radius 3 is 2.60 bits per heavy atom. The Morgan fingerprint density at radius 1 is 1.25 bits per heavy atom. The van der Waals surface area contributed by atoms with Crippen molar-refractivity contribution in [3.05, 3.63) is 23.2 Å². The monoisotopic (exact) mass is 293 g/mol. The van der Waals surface area contributed by atoms with Gasteiger partial charge in [0.15, 0.2) is 0 Å². The van der Waals surface area contributed by atoms with Crippen LogP contribution in [0.15, 0.2) is 22.6 Å². The zero-order chi connectivity index (χ0) is 13.9. The van der Waals surface area contributed by atoms with E-state index in [1.165, 1.54) is 51.6 Å². The molecule has 0 radical (unpaired) electrons. The molecule has 1 saturated carbocycles. The van der Waals surface area contributed by atoms with Gasteiger partial charge in [0, 0.05) is 18.7 Å². The molecule has 2 aromatic rings. The van der Waals surface area contributed by atoms with Gasteiger partial charge in [-0.15, -0.1) is 0 Å². The summed E-state index contributed by atoms with van der Waals surface area (Å²) in [5.74, 6) is 1.08. The standard InChI is InChI=1S/C11H21N.C6H3ClO/c1-2-11-5-3-4-8-12(11)9-10-6-7-10;7-5-3-4-1-2-6(5)8-4/h10-11H,2-9H2,1H3;1-3H. The molecule has 1 atom stereocenters. The van der Waals surface area contributed by atoms with Crippen LogP contribution in [0.4, 0.5) is 0 Å². The second kappa shape index (κ2) is 6.36. The molecule has 1 unspecified atom stereocenters. The molecular formula is C17H24ClNO. The van der Waals surface area contributed by atoms with Crippen molar-refractivity contribution in [3.8, 4) is 0 Å². The van der Waals surface area contributed by atoms with Crippen molar-refractivity contribution >= 4 is 22.8 Å². The molecule has 0 amide bonds. The van der Waals surface area contributed by atoms with Gasteiger partial charge in [-0.2, -0.15) is 0 Å². The first kappa shape index (κ1) is 14.2. The third kappa shape index (κ3) is 3.48. The summed E-state index contributed by atoms with van der Waals surface area (Å²) in [6.45, 7) is 5.14. The molecule has 2 nitrogen and oxygen atoms in total. The fourth-order valence-corrected chi connectivity index (χ4v) is 3.36. The molecular weight excluding hydrogens is 270 g/mol. The van der Waals surface area contributed by atoms with Gasteiger partial charge < -0.3 is 9.32 Å². The Morgan fingerprint density at radius 2 is 2.10 bits per heavy atom. The van der Waals surface area contributed by atoms with Crippen LogP contribution in [0.5, 0.6) is 0 Å². The SMILES string of the molecule is CCC1CCCCN1CC1CC1.Clc1cc2ccc1o2. The van der Waals surface area contributed by atoms with Gasteiger partial charge in [-0.05, 0) is 56.7 Å². The molecule has 110 valence electrons. The second-order valence-corrected chi connectivity index (χ2v) is 6.60. The van der Waals surface area contributed by atoms with Crippen LogP contribution in [0.25, 0.3) is 11.2 Å². The van der Waals surface area contributed by atoms with E-state index in [0.717, 1.165) is 23.1 Å². The third-order valence-corrected chi connectivity index (χ3v) is 4.84. The summed E-state index contributed by atoms with van der Waals surface area (Å²) in [4.78, 5) is 2.75. The molecule has 1 aliphatic carbocycles. The van der Waals surface area contributed by atoms with Crippen LogP contribution in [0.3, 0.4) is 0 Å². The molecule has 2 aromatic heterocycles. The number of likely N-dealkylation sites (tertiary alicyclic amines) is 1.